The number of rotatable bonds is 0. The monoisotopic (exact) mass is 244 g/mol. The minimum absolute atomic E-state index is 0.846. The second kappa shape index (κ2) is 6.60. The Hall–Kier alpha value is 1.15. The number of hydrogen-bond donors (Lipinski definition) is 2. The van der Waals surface area contributed by atoms with Crippen molar-refractivity contribution in [3.05, 3.63) is 29.8 Å². The summed E-state index contributed by atoms with van der Waals surface area (Å²) in [6.45, 7) is 2.17. The molecule has 0 bridgehead atoms. The van der Waals surface area contributed by atoms with Crippen molar-refractivity contribution in [3.8, 4) is 0 Å². The molecule has 0 aliphatic rings. The molecule has 0 unspecified atom stereocenters. The summed E-state index contributed by atoms with van der Waals surface area (Å²) in [6, 6.07) is 8.56. The van der Waals surface area contributed by atoms with Gasteiger partial charge in [0.2, 0.25) is 0 Å². The topological polar surface area (TPSA) is 57.5 Å². The normalized spacial score (nSPS) is 10.2. The van der Waals surface area contributed by atoms with Gasteiger partial charge in [0.15, 0.2) is 0 Å². The van der Waals surface area contributed by atoms with Crippen LogP contribution in [0, 0.1) is 6.92 Å². The van der Waals surface area contributed by atoms with Crippen molar-refractivity contribution in [1.29, 1.82) is 0 Å². The molecule has 6 heteroatoms. The van der Waals surface area contributed by atoms with Crippen LogP contribution in [0.1, 0.15) is 5.56 Å². The first-order valence-electron chi connectivity index (χ1n) is 3.53. The van der Waals surface area contributed by atoms with Crippen molar-refractivity contribution in [2.75, 3.05) is 0 Å². The fourth-order valence-electron chi connectivity index (χ4n) is 0.663. The zero-order valence-electron chi connectivity index (χ0n) is 7.43. The number of benzene rings is 1. The van der Waals surface area contributed by atoms with E-state index in [2.05, 4.69) is 42.4 Å². The molecule has 0 aliphatic carbocycles. The average molecular weight is 244 g/mol. The summed E-state index contributed by atoms with van der Waals surface area (Å²) in [4.78, 5) is 0. The maximum atomic E-state index is 9.11. The first kappa shape index (κ1) is 14.1. The van der Waals surface area contributed by atoms with Crippen LogP contribution in [0.2, 0.25) is 0 Å². The van der Waals surface area contributed by atoms with E-state index < -0.39 is 9.05 Å². The zero-order chi connectivity index (χ0) is 10.5. The molecule has 0 fully saturated rings. The van der Waals surface area contributed by atoms with Crippen LogP contribution in [0.5, 0.6) is 0 Å². The van der Waals surface area contributed by atoms with Crippen LogP contribution in [0.3, 0.4) is 0 Å². The molecule has 13 heavy (non-hydrogen) atoms. The predicted octanol–water partition coefficient (Wildman–Crippen LogP) is 0.468. The molecule has 1 aromatic rings. The van der Waals surface area contributed by atoms with Gasteiger partial charge in [-0.25, -0.2) is 0 Å². The fourth-order valence-corrected chi connectivity index (χ4v) is 1.22. The zero-order valence-corrected chi connectivity index (χ0v) is 12.2. The van der Waals surface area contributed by atoms with Gasteiger partial charge in [0.1, 0.15) is 0 Å². The van der Waals surface area contributed by atoms with Crippen molar-refractivity contribution < 1.29 is 13.3 Å². The first-order chi connectivity index (χ1) is 5.80. The summed E-state index contributed by atoms with van der Waals surface area (Å²) in [5, 5.41) is 0. The van der Waals surface area contributed by atoms with Crippen LogP contribution < -0.4 is -0.342 Å². The van der Waals surface area contributed by atoms with Crippen molar-refractivity contribution in [2.45, 2.75) is 6.92 Å². The van der Waals surface area contributed by atoms with Crippen LogP contribution in [-0.2, 0) is 20.2 Å². The molecule has 0 amide bonds. The van der Waals surface area contributed by atoms with Gasteiger partial charge in [0, 0.05) is 11.2 Å². The van der Waals surface area contributed by atoms with Gasteiger partial charge in [0.25, 0.3) is 9.05 Å². The number of aryl methyl sites for hydroxylation is 1. The molecule has 1 rings (SSSR count). The largest absolute Gasteiger partial charge is 0.285 e. The summed E-state index contributed by atoms with van der Waals surface area (Å²) in [5.41, 5.74) is 1.45. The van der Waals surface area contributed by atoms with E-state index in [0.717, 1.165) is 49.0 Å². The molecule has 0 saturated heterocycles. The maximum absolute atomic E-state index is 9.11. The minimum Gasteiger partial charge on any atom is -0.285 e. The van der Waals surface area contributed by atoms with E-state index in [-0.39, 0.29) is 0 Å². The van der Waals surface area contributed by atoms with E-state index in [4.69, 9.17) is 13.3 Å². The average Bonchev–Trinajstić information content (AvgIpc) is 1.92. The molecule has 0 spiro atoms. The van der Waals surface area contributed by atoms with Crippen molar-refractivity contribution in [3.63, 3.8) is 0 Å². The van der Waals surface area contributed by atoms with Gasteiger partial charge in [-0.15, -0.1) is 0 Å². The van der Waals surface area contributed by atoms with Crippen molar-refractivity contribution in [2.24, 2.45) is 0 Å². The van der Waals surface area contributed by atoms with Gasteiger partial charge in [-0.3, -0.25) is 9.11 Å². The number of hydrogen-bond acceptors (Lipinski definition) is 2. The van der Waals surface area contributed by atoms with Gasteiger partial charge in [-0.05, 0) is 0 Å². The van der Waals surface area contributed by atoms with Gasteiger partial charge in [-0.2, -0.15) is 4.21 Å². The molecule has 2 N–H and O–H groups in total. The van der Waals surface area contributed by atoms with E-state index >= 15 is 0 Å². The molecular weight excluding hydrogens is 235 g/mol. The Balaban J connectivity index is 0.000000252. The Labute approximate surface area is 117 Å². The summed E-state index contributed by atoms with van der Waals surface area (Å²) in [5.74, 6) is 0. The van der Waals surface area contributed by atoms with Crippen LogP contribution in [0.15, 0.2) is 24.3 Å². The Kier molecular flexibility index (Phi) is 7.18. The summed E-state index contributed by atoms with van der Waals surface area (Å²) >= 11 is 4.31. The molecular formula is C7H9KO3S2. The van der Waals surface area contributed by atoms with Crippen LogP contribution in [0.4, 0.5) is 0 Å². The van der Waals surface area contributed by atoms with E-state index in [1.807, 2.05) is 0 Å². The van der Waals surface area contributed by atoms with E-state index in [9.17, 15) is 0 Å². The smallest absolute Gasteiger partial charge is 0.263 e. The minimum atomic E-state index is -3.83. The fraction of sp³-hybridized carbons (Fsp3) is 0.143. The van der Waals surface area contributed by atoms with Gasteiger partial charge >= 0.3 is 85.4 Å². The van der Waals surface area contributed by atoms with E-state index in [0.29, 0.717) is 0 Å². The van der Waals surface area contributed by atoms with Gasteiger partial charge in [-0.1, -0.05) is 0 Å². The second-order valence-electron chi connectivity index (χ2n) is 2.53. The second-order valence-corrected chi connectivity index (χ2v) is 6.41. The summed E-state index contributed by atoms with van der Waals surface area (Å²) in [7, 11) is -3.83. The summed E-state index contributed by atoms with van der Waals surface area (Å²) < 4.78 is 25.5. The Bertz CT molecular complexity index is 333. The van der Waals surface area contributed by atoms with E-state index in [1.54, 1.807) is -0.342 Å². The molecule has 1 aromatic carbocycles. The van der Waals surface area contributed by atoms with Gasteiger partial charge < -0.3 is 0 Å². The first-order valence-corrected chi connectivity index (χ1v) is 7.48. The third kappa shape index (κ3) is 11.1. The third-order valence-electron chi connectivity index (χ3n) is 1.43. The Morgan fingerprint density at radius 2 is 1.77 bits per heavy atom. The van der Waals surface area contributed by atoms with Crippen LogP contribution in [-0.4, -0.2) is 62.3 Å². The molecule has 68 valence electrons. The molecule has 0 aliphatic heterocycles. The molecule has 0 aromatic heterocycles. The Morgan fingerprint density at radius 3 is 2.00 bits per heavy atom. The molecule has 3 nitrogen and oxygen atoms in total. The molecule has 0 radical (unpaired) electrons. The van der Waals surface area contributed by atoms with Crippen molar-refractivity contribution >= 4 is 68.9 Å². The van der Waals surface area contributed by atoms with Crippen LogP contribution in [0.25, 0.3) is 0 Å². The third-order valence-corrected chi connectivity index (χ3v) is 3.18. The molecule has 0 saturated carbocycles. The van der Waals surface area contributed by atoms with E-state index in [1.165, 1.54) is 5.56 Å². The summed E-state index contributed by atoms with van der Waals surface area (Å²) in [6.07, 6.45) is 0. The standard InChI is InChI=1S/C7H7.K.H2O3S2/c1-7-5-3-2-4-6-7;;1-5(2,3)4/h2-5H,1H3;;(H2,1,2,3,4). The predicted molar refractivity (Wildman–Crippen MR) is 57.3 cm³/mol. The maximum Gasteiger partial charge on any atom is 0.263 e. The molecule has 0 atom stereocenters. The van der Waals surface area contributed by atoms with Gasteiger partial charge in [0.05, 0.1) is 0 Å². The van der Waals surface area contributed by atoms with Crippen molar-refractivity contribution in [1.82, 2.24) is 0 Å². The quantitative estimate of drug-likeness (QED) is 0.651. The molecule has 0 heterocycles. The SMILES string of the molecule is Cc1cccc[c]1[K].O=S(O)(O)=S. The Morgan fingerprint density at radius 1 is 1.38 bits per heavy atom. The van der Waals surface area contributed by atoms with Crippen LogP contribution >= 0.6 is 0 Å².